The van der Waals surface area contributed by atoms with Crippen LogP contribution in [0, 0.1) is 5.92 Å². The number of hydrogen-bond acceptors (Lipinski definition) is 1. The first kappa shape index (κ1) is 11.0. The Morgan fingerprint density at radius 2 is 2.33 bits per heavy atom. The molecule has 0 radical (unpaired) electrons. The summed E-state index contributed by atoms with van der Waals surface area (Å²) in [7, 11) is 0. The minimum absolute atomic E-state index is 0.172. The third-order valence-electron chi connectivity index (χ3n) is 3.97. The summed E-state index contributed by atoms with van der Waals surface area (Å²) >= 11 is 6.05. The summed E-state index contributed by atoms with van der Waals surface area (Å²) in [6, 6.07) is 8.20. The molecule has 2 N–H and O–H groups in total. The normalized spacial score (nSPS) is 30.7. The van der Waals surface area contributed by atoms with Crippen LogP contribution in [-0.2, 0) is 5.41 Å². The van der Waals surface area contributed by atoms with Crippen molar-refractivity contribution < 1.29 is 0 Å². The van der Waals surface area contributed by atoms with E-state index in [-0.39, 0.29) is 5.41 Å². The van der Waals surface area contributed by atoms with Crippen LogP contribution in [0.1, 0.15) is 31.7 Å². The Kier molecular flexibility index (Phi) is 3.03. The predicted molar refractivity (Wildman–Crippen MR) is 65.2 cm³/mol. The van der Waals surface area contributed by atoms with Gasteiger partial charge in [-0.1, -0.05) is 37.1 Å². The van der Waals surface area contributed by atoms with Crippen LogP contribution in [0.25, 0.3) is 0 Å². The van der Waals surface area contributed by atoms with E-state index in [0.29, 0.717) is 5.92 Å². The highest BCUT2D eigenvalue weighted by molar-refractivity contribution is 6.30. The molecule has 0 spiro atoms. The molecular weight excluding hydrogens is 206 g/mol. The molecule has 0 aliphatic heterocycles. The summed E-state index contributed by atoms with van der Waals surface area (Å²) in [5, 5.41) is 0.819. The van der Waals surface area contributed by atoms with E-state index in [2.05, 4.69) is 19.1 Å². The molecule has 0 aromatic heterocycles. The average Bonchev–Trinajstić information content (AvgIpc) is 2.61. The molecule has 0 saturated heterocycles. The van der Waals surface area contributed by atoms with E-state index in [4.69, 9.17) is 17.3 Å². The summed E-state index contributed by atoms with van der Waals surface area (Å²) in [4.78, 5) is 0. The van der Waals surface area contributed by atoms with Crippen molar-refractivity contribution in [3.63, 3.8) is 0 Å². The van der Waals surface area contributed by atoms with Crippen molar-refractivity contribution in [2.45, 2.75) is 31.6 Å². The zero-order valence-corrected chi connectivity index (χ0v) is 9.93. The fraction of sp³-hybridized carbons (Fsp3) is 0.538. The van der Waals surface area contributed by atoms with Crippen molar-refractivity contribution >= 4 is 11.6 Å². The summed E-state index contributed by atoms with van der Waals surface area (Å²) < 4.78 is 0. The van der Waals surface area contributed by atoms with Gasteiger partial charge in [-0.05, 0) is 36.5 Å². The Morgan fingerprint density at radius 3 is 2.87 bits per heavy atom. The molecular formula is C13H18ClN. The summed E-state index contributed by atoms with van der Waals surface area (Å²) in [6.07, 6.45) is 3.76. The van der Waals surface area contributed by atoms with Gasteiger partial charge >= 0.3 is 0 Å². The van der Waals surface area contributed by atoms with Crippen molar-refractivity contribution in [2.24, 2.45) is 11.7 Å². The minimum Gasteiger partial charge on any atom is -0.330 e. The van der Waals surface area contributed by atoms with Gasteiger partial charge in [-0.3, -0.25) is 0 Å². The maximum Gasteiger partial charge on any atom is 0.0408 e. The molecule has 2 atom stereocenters. The summed E-state index contributed by atoms with van der Waals surface area (Å²) in [5.74, 6) is 0.668. The van der Waals surface area contributed by atoms with Gasteiger partial charge in [0, 0.05) is 17.0 Å². The molecule has 1 aromatic carbocycles. The number of halogens is 1. The standard InChI is InChI=1S/C13H18ClN/c1-10-4-3-7-13(10,9-15)11-5-2-6-12(14)8-11/h2,5-6,8,10H,3-4,7,9,15H2,1H3. The molecule has 2 unspecified atom stereocenters. The molecule has 1 fully saturated rings. The second-order valence-corrected chi connectivity index (χ2v) is 5.10. The van der Waals surface area contributed by atoms with Gasteiger partial charge in [-0.25, -0.2) is 0 Å². The van der Waals surface area contributed by atoms with E-state index in [1.54, 1.807) is 0 Å². The van der Waals surface area contributed by atoms with E-state index >= 15 is 0 Å². The molecule has 1 saturated carbocycles. The molecule has 82 valence electrons. The van der Waals surface area contributed by atoms with Gasteiger partial charge in [0.2, 0.25) is 0 Å². The Labute approximate surface area is 96.6 Å². The number of rotatable bonds is 2. The van der Waals surface area contributed by atoms with Crippen molar-refractivity contribution in [2.75, 3.05) is 6.54 Å². The molecule has 2 rings (SSSR count). The smallest absolute Gasteiger partial charge is 0.0408 e. The van der Waals surface area contributed by atoms with Crippen LogP contribution in [0.2, 0.25) is 5.02 Å². The molecule has 0 bridgehead atoms. The van der Waals surface area contributed by atoms with Gasteiger partial charge in [0.05, 0.1) is 0 Å². The van der Waals surface area contributed by atoms with Crippen LogP contribution < -0.4 is 5.73 Å². The van der Waals surface area contributed by atoms with E-state index < -0.39 is 0 Å². The van der Waals surface area contributed by atoms with Crippen LogP contribution in [0.15, 0.2) is 24.3 Å². The lowest BCUT2D eigenvalue weighted by molar-refractivity contribution is 0.346. The molecule has 1 aromatic rings. The van der Waals surface area contributed by atoms with E-state index in [1.807, 2.05) is 12.1 Å². The first-order chi connectivity index (χ1) is 7.19. The molecule has 2 heteroatoms. The second-order valence-electron chi connectivity index (χ2n) is 4.66. The molecule has 15 heavy (non-hydrogen) atoms. The molecule has 0 amide bonds. The highest BCUT2D eigenvalue weighted by Gasteiger charge is 2.40. The molecule has 1 aliphatic carbocycles. The zero-order chi connectivity index (χ0) is 10.9. The average molecular weight is 224 g/mol. The van der Waals surface area contributed by atoms with Crippen LogP contribution >= 0.6 is 11.6 Å². The van der Waals surface area contributed by atoms with Gasteiger partial charge < -0.3 is 5.73 Å². The monoisotopic (exact) mass is 223 g/mol. The van der Waals surface area contributed by atoms with E-state index in [1.165, 1.54) is 24.8 Å². The van der Waals surface area contributed by atoms with Gasteiger partial charge in [-0.15, -0.1) is 0 Å². The van der Waals surface area contributed by atoms with Gasteiger partial charge in [-0.2, -0.15) is 0 Å². The maximum absolute atomic E-state index is 6.05. The van der Waals surface area contributed by atoms with Crippen molar-refractivity contribution in [3.05, 3.63) is 34.9 Å². The highest BCUT2D eigenvalue weighted by atomic mass is 35.5. The lowest BCUT2D eigenvalue weighted by Crippen LogP contribution is -2.37. The molecule has 1 nitrogen and oxygen atoms in total. The second kappa shape index (κ2) is 4.15. The number of nitrogens with two attached hydrogens (primary N) is 1. The first-order valence-corrected chi connectivity index (χ1v) is 6.03. The van der Waals surface area contributed by atoms with Crippen LogP contribution in [0.4, 0.5) is 0 Å². The third kappa shape index (κ3) is 1.79. The SMILES string of the molecule is CC1CCCC1(CN)c1cccc(Cl)c1. The zero-order valence-electron chi connectivity index (χ0n) is 9.17. The summed E-state index contributed by atoms with van der Waals surface area (Å²) in [5.41, 5.74) is 7.49. The van der Waals surface area contributed by atoms with Gasteiger partial charge in [0.15, 0.2) is 0 Å². The van der Waals surface area contributed by atoms with Gasteiger partial charge in [0.25, 0.3) is 0 Å². The Balaban J connectivity index is 2.42. The Hall–Kier alpha value is -0.530. The molecule has 1 aliphatic rings. The van der Waals surface area contributed by atoms with E-state index in [0.717, 1.165) is 11.6 Å². The first-order valence-electron chi connectivity index (χ1n) is 5.65. The van der Waals surface area contributed by atoms with Crippen LogP contribution in [0.5, 0.6) is 0 Å². The predicted octanol–water partition coefficient (Wildman–Crippen LogP) is 3.36. The Morgan fingerprint density at radius 1 is 1.53 bits per heavy atom. The minimum atomic E-state index is 0.172. The van der Waals surface area contributed by atoms with Crippen LogP contribution in [0.3, 0.4) is 0 Å². The van der Waals surface area contributed by atoms with Crippen molar-refractivity contribution in [3.8, 4) is 0 Å². The van der Waals surface area contributed by atoms with Crippen LogP contribution in [-0.4, -0.2) is 6.54 Å². The lowest BCUT2D eigenvalue weighted by Gasteiger charge is -2.33. The Bertz CT molecular complexity index is 350. The highest BCUT2D eigenvalue weighted by Crippen LogP contribution is 2.45. The third-order valence-corrected chi connectivity index (χ3v) is 4.20. The fourth-order valence-electron chi connectivity index (χ4n) is 2.89. The quantitative estimate of drug-likeness (QED) is 0.818. The lowest BCUT2D eigenvalue weighted by atomic mass is 9.73. The summed E-state index contributed by atoms with van der Waals surface area (Å²) in [6.45, 7) is 3.04. The van der Waals surface area contributed by atoms with Gasteiger partial charge in [0.1, 0.15) is 0 Å². The number of benzene rings is 1. The molecule has 0 heterocycles. The van der Waals surface area contributed by atoms with Crippen molar-refractivity contribution in [1.82, 2.24) is 0 Å². The van der Waals surface area contributed by atoms with E-state index in [9.17, 15) is 0 Å². The maximum atomic E-state index is 6.05. The fourth-order valence-corrected chi connectivity index (χ4v) is 3.08. The number of hydrogen-bond donors (Lipinski definition) is 1. The largest absolute Gasteiger partial charge is 0.330 e. The topological polar surface area (TPSA) is 26.0 Å². The van der Waals surface area contributed by atoms with Crippen molar-refractivity contribution in [1.29, 1.82) is 0 Å².